The summed E-state index contributed by atoms with van der Waals surface area (Å²) in [6, 6.07) is 6.46. The number of benzene rings is 1. The molecule has 162 valence electrons. The van der Waals surface area contributed by atoms with E-state index in [1.165, 1.54) is 24.4 Å². The second-order valence-electron chi connectivity index (χ2n) is 6.06. The Balaban J connectivity index is 2.29. The van der Waals surface area contributed by atoms with Crippen LogP contribution < -0.4 is 15.8 Å². The SMILES string of the molecule is CCC(=N)c1c(C(O)COC(=O)CN)ccnc1Nc1ccc(OC(F)(F)F)cc1. The molecule has 0 aliphatic rings. The van der Waals surface area contributed by atoms with Gasteiger partial charge < -0.3 is 31.0 Å². The van der Waals surface area contributed by atoms with E-state index in [1.54, 1.807) is 6.92 Å². The van der Waals surface area contributed by atoms with Gasteiger partial charge in [0.2, 0.25) is 0 Å². The zero-order valence-electron chi connectivity index (χ0n) is 16.0. The summed E-state index contributed by atoms with van der Waals surface area (Å²) in [7, 11) is 0. The van der Waals surface area contributed by atoms with Crippen molar-refractivity contribution in [2.75, 3.05) is 18.5 Å². The van der Waals surface area contributed by atoms with E-state index in [2.05, 4.69) is 15.0 Å². The van der Waals surface area contributed by atoms with Crippen LogP contribution >= 0.6 is 0 Å². The van der Waals surface area contributed by atoms with Crippen LogP contribution in [0.2, 0.25) is 0 Å². The molecule has 0 spiro atoms. The standard InChI is InChI=1S/C19H21F3N4O4/c1-2-14(24)17-13(15(27)10-29-16(28)9-23)7-8-25-18(17)26-11-3-5-12(6-4-11)30-19(20,21)22/h3-8,15,24,27H,2,9-10,23H2,1H3,(H,25,26). The summed E-state index contributed by atoms with van der Waals surface area (Å²) >= 11 is 0. The Morgan fingerprint density at radius 2 is 1.97 bits per heavy atom. The number of nitrogens with one attached hydrogen (secondary N) is 2. The van der Waals surface area contributed by atoms with Crippen LogP contribution in [0.5, 0.6) is 5.75 Å². The van der Waals surface area contributed by atoms with Gasteiger partial charge in [0.25, 0.3) is 0 Å². The van der Waals surface area contributed by atoms with Gasteiger partial charge in [0.1, 0.15) is 24.3 Å². The summed E-state index contributed by atoms with van der Waals surface area (Å²) in [6.45, 7) is 1.06. The van der Waals surface area contributed by atoms with Gasteiger partial charge in [-0.3, -0.25) is 4.79 Å². The van der Waals surface area contributed by atoms with E-state index in [9.17, 15) is 23.1 Å². The first kappa shape index (κ1) is 23.1. The van der Waals surface area contributed by atoms with Crippen LogP contribution in [0.1, 0.15) is 30.6 Å². The molecule has 0 saturated carbocycles. The molecule has 0 radical (unpaired) electrons. The molecule has 11 heteroatoms. The third kappa shape index (κ3) is 6.42. The first-order valence-corrected chi connectivity index (χ1v) is 8.87. The van der Waals surface area contributed by atoms with Crippen LogP contribution in [-0.2, 0) is 9.53 Å². The lowest BCUT2D eigenvalue weighted by Gasteiger charge is -2.19. The van der Waals surface area contributed by atoms with Crippen LogP contribution in [0.4, 0.5) is 24.7 Å². The number of carbonyl (C=O) groups excluding carboxylic acids is 1. The molecule has 2 aromatic rings. The minimum absolute atomic E-state index is 0.154. The summed E-state index contributed by atoms with van der Waals surface area (Å²) in [6.07, 6.45) is -4.31. The number of hydrogen-bond acceptors (Lipinski definition) is 8. The van der Waals surface area contributed by atoms with Crippen LogP contribution in [0.15, 0.2) is 36.5 Å². The highest BCUT2D eigenvalue weighted by Crippen LogP contribution is 2.29. The number of aliphatic hydroxyl groups excluding tert-OH is 1. The third-order valence-electron chi connectivity index (χ3n) is 3.92. The number of halogens is 3. The van der Waals surface area contributed by atoms with Gasteiger partial charge in [0.15, 0.2) is 0 Å². The normalized spacial score (nSPS) is 12.2. The van der Waals surface area contributed by atoms with E-state index in [0.717, 1.165) is 12.1 Å². The van der Waals surface area contributed by atoms with Crippen LogP contribution in [0.3, 0.4) is 0 Å². The van der Waals surface area contributed by atoms with Crippen LogP contribution in [0, 0.1) is 5.41 Å². The van der Waals surface area contributed by atoms with Gasteiger partial charge in [-0.2, -0.15) is 0 Å². The first-order chi connectivity index (χ1) is 14.1. The van der Waals surface area contributed by atoms with Gasteiger partial charge in [0, 0.05) is 23.2 Å². The largest absolute Gasteiger partial charge is 0.573 e. The lowest BCUT2D eigenvalue weighted by Crippen LogP contribution is -2.21. The lowest BCUT2D eigenvalue weighted by atomic mass is 9.98. The number of nitrogens with zero attached hydrogens (tertiary/aromatic N) is 1. The van der Waals surface area contributed by atoms with Crippen molar-refractivity contribution < 1.29 is 32.5 Å². The van der Waals surface area contributed by atoms with Crippen molar-refractivity contribution in [1.82, 2.24) is 4.98 Å². The van der Waals surface area contributed by atoms with Gasteiger partial charge in [-0.15, -0.1) is 13.2 Å². The molecule has 30 heavy (non-hydrogen) atoms. The zero-order chi connectivity index (χ0) is 22.3. The molecule has 0 saturated heterocycles. The van der Waals surface area contributed by atoms with Gasteiger partial charge in [-0.05, 0) is 42.3 Å². The van der Waals surface area contributed by atoms with Gasteiger partial charge in [0.05, 0.1) is 6.54 Å². The van der Waals surface area contributed by atoms with Crippen molar-refractivity contribution >= 4 is 23.2 Å². The average Bonchev–Trinajstić information content (AvgIpc) is 2.71. The number of esters is 1. The molecular formula is C19H21F3N4O4. The Morgan fingerprint density at radius 1 is 1.30 bits per heavy atom. The number of hydrogen-bond donors (Lipinski definition) is 4. The summed E-state index contributed by atoms with van der Waals surface area (Å²) < 4.78 is 45.6. The third-order valence-corrected chi connectivity index (χ3v) is 3.92. The van der Waals surface area contributed by atoms with E-state index in [4.69, 9.17) is 15.9 Å². The summed E-state index contributed by atoms with van der Waals surface area (Å²) in [5.74, 6) is -0.851. The molecule has 5 N–H and O–H groups in total. The number of ether oxygens (including phenoxy) is 2. The molecular weight excluding hydrogens is 405 g/mol. The maximum absolute atomic E-state index is 12.3. The number of pyridine rings is 1. The van der Waals surface area contributed by atoms with Crippen molar-refractivity contribution in [2.45, 2.75) is 25.8 Å². The van der Waals surface area contributed by atoms with Crippen molar-refractivity contribution in [3.8, 4) is 5.75 Å². The second kappa shape index (κ2) is 10.0. The van der Waals surface area contributed by atoms with Crippen LogP contribution in [0.25, 0.3) is 0 Å². The molecule has 1 aromatic carbocycles. The highest BCUT2D eigenvalue weighted by molar-refractivity contribution is 6.04. The van der Waals surface area contributed by atoms with Crippen molar-refractivity contribution in [3.63, 3.8) is 0 Å². The van der Waals surface area contributed by atoms with E-state index in [0.29, 0.717) is 23.2 Å². The molecule has 0 amide bonds. The molecule has 1 atom stereocenters. The number of carbonyl (C=O) groups is 1. The molecule has 0 bridgehead atoms. The molecule has 1 aromatic heterocycles. The lowest BCUT2D eigenvalue weighted by molar-refractivity contribution is -0.274. The van der Waals surface area contributed by atoms with E-state index in [-0.39, 0.29) is 30.4 Å². The van der Waals surface area contributed by atoms with Gasteiger partial charge in [-0.1, -0.05) is 6.92 Å². The van der Waals surface area contributed by atoms with Crippen molar-refractivity contribution in [3.05, 3.63) is 47.7 Å². The maximum atomic E-state index is 12.3. The molecule has 0 aliphatic heterocycles. The Bertz CT molecular complexity index is 888. The molecule has 8 nitrogen and oxygen atoms in total. The van der Waals surface area contributed by atoms with Crippen molar-refractivity contribution in [1.29, 1.82) is 5.41 Å². The smallest absolute Gasteiger partial charge is 0.462 e. The topological polar surface area (TPSA) is 131 Å². The number of aromatic nitrogens is 1. The van der Waals surface area contributed by atoms with E-state index >= 15 is 0 Å². The molecule has 1 unspecified atom stereocenters. The monoisotopic (exact) mass is 426 g/mol. The van der Waals surface area contributed by atoms with Gasteiger partial charge >= 0.3 is 12.3 Å². The second-order valence-corrected chi connectivity index (χ2v) is 6.06. The highest BCUT2D eigenvalue weighted by Gasteiger charge is 2.31. The minimum Gasteiger partial charge on any atom is -0.462 e. The predicted molar refractivity (Wildman–Crippen MR) is 103 cm³/mol. The Hall–Kier alpha value is -3.18. The van der Waals surface area contributed by atoms with Crippen molar-refractivity contribution in [2.24, 2.45) is 5.73 Å². The summed E-state index contributed by atoms with van der Waals surface area (Å²) in [4.78, 5) is 15.4. The summed E-state index contributed by atoms with van der Waals surface area (Å²) in [5, 5.41) is 21.6. The predicted octanol–water partition coefficient (Wildman–Crippen LogP) is 3.04. The fourth-order valence-corrected chi connectivity index (χ4v) is 2.54. The van der Waals surface area contributed by atoms with Crippen LogP contribution in [-0.4, -0.2) is 41.3 Å². The number of anilines is 2. The fourth-order valence-electron chi connectivity index (χ4n) is 2.54. The summed E-state index contributed by atoms with van der Waals surface area (Å²) in [5.41, 5.74) is 6.32. The highest BCUT2D eigenvalue weighted by atomic mass is 19.4. The number of aliphatic hydroxyl groups is 1. The van der Waals surface area contributed by atoms with E-state index < -0.39 is 18.4 Å². The fraction of sp³-hybridized carbons (Fsp3) is 0.316. The number of rotatable bonds is 9. The Morgan fingerprint density at radius 3 is 2.53 bits per heavy atom. The molecule has 1 heterocycles. The Kier molecular flexibility index (Phi) is 7.72. The van der Waals surface area contributed by atoms with Gasteiger partial charge in [-0.25, -0.2) is 4.98 Å². The molecule has 2 rings (SSSR count). The molecule has 0 aliphatic carbocycles. The Labute approximate surface area is 170 Å². The van der Waals surface area contributed by atoms with E-state index in [1.807, 2.05) is 0 Å². The number of nitrogens with two attached hydrogens (primary N) is 1. The quantitative estimate of drug-likeness (QED) is 0.358. The zero-order valence-corrected chi connectivity index (χ0v) is 16.0. The maximum Gasteiger partial charge on any atom is 0.573 e. The minimum atomic E-state index is -4.79. The average molecular weight is 426 g/mol. The first-order valence-electron chi connectivity index (χ1n) is 8.87. The number of alkyl halides is 3. The molecule has 0 fully saturated rings.